The second-order valence-corrected chi connectivity index (χ2v) is 11.9. The van der Waals surface area contributed by atoms with Crippen LogP contribution in [0.5, 0.6) is 0 Å². The monoisotopic (exact) mass is 589 g/mol. The van der Waals surface area contributed by atoms with E-state index in [1.807, 2.05) is 7.05 Å². The van der Waals surface area contributed by atoms with E-state index in [0.717, 1.165) is 41.4 Å². The fourth-order valence-electron chi connectivity index (χ4n) is 4.44. The molecule has 1 fully saturated rings. The van der Waals surface area contributed by atoms with Gasteiger partial charge in [0.15, 0.2) is 10.1 Å². The lowest BCUT2D eigenvalue weighted by Crippen LogP contribution is -2.57. The quantitative estimate of drug-likeness (QED) is 0.452. The third-order valence-electron chi connectivity index (χ3n) is 6.29. The summed E-state index contributed by atoms with van der Waals surface area (Å²) in [6.45, 7) is 1.64. The minimum Gasteiger partial charge on any atom is -0.349 e. The van der Waals surface area contributed by atoms with Crippen LogP contribution in [-0.2, 0) is 27.3 Å². The Kier molecular flexibility index (Phi) is 9.86. The topological polar surface area (TPSA) is 137 Å². The second-order valence-electron chi connectivity index (χ2n) is 9.20. The molecule has 2 aliphatic rings. The van der Waals surface area contributed by atoms with Gasteiger partial charge in [-0.25, -0.2) is 9.97 Å². The maximum absolute atomic E-state index is 13.1. The standard InChI is InChI=1S/C22H28ClN7O4S2.ClH/c1-29(2)21(34)11-4-5-12(25-17(31)18(32)28-22-24-9-16(23)36-22)14(8-11)26-19(33)20-27-13-6-7-30(3)10-15(13)35-20;/h9,11-12,14H,4-8,10H2,1-3H3,(H,25,31)(H,26,33)(H,24,28,32);1H/t11-,12-,14+;/m0./s1. The largest absolute Gasteiger partial charge is 0.349 e. The van der Waals surface area contributed by atoms with E-state index in [2.05, 4.69) is 30.8 Å². The summed E-state index contributed by atoms with van der Waals surface area (Å²) in [7, 11) is 5.41. The van der Waals surface area contributed by atoms with Crippen molar-refractivity contribution in [1.29, 1.82) is 0 Å². The first-order chi connectivity index (χ1) is 17.1. The molecule has 37 heavy (non-hydrogen) atoms. The average molecular weight is 591 g/mol. The summed E-state index contributed by atoms with van der Waals surface area (Å²) in [5, 5.41) is 8.69. The molecular formula is C22H29Cl2N7O4S2. The van der Waals surface area contributed by atoms with Crippen molar-refractivity contribution in [2.24, 2.45) is 5.92 Å². The highest BCUT2D eigenvalue weighted by molar-refractivity contribution is 7.19. The van der Waals surface area contributed by atoms with E-state index in [9.17, 15) is 19.2 Å². The first kappa shape index (κ1) is 29.2. The van der Waals surface area contributed by atoms with E-state index in [1.54, 1.807) is 14.1 Å². The van der Waals surface area contributed by atoms with Gasteiger partial charge >= 0.3 is 11.8 Å². The van der Waals surface area contributed by atoms with Crippen LogP contribution in [-0.4, -0.2) is 83.2 Å². The minimum absolute atomic E-state index is 0. The van der Waals surface area contributed by atoms with Gasteiger partial charge in [0, 0.05) is 50.4 Å². The molecule has 3 atom stereocenters. The maximum atomic E-state index is 13.1. The lowest BCUT2D eigenvalue weighted by Gasteiger charge is -2.37. The van der Waals surface area contributed by atoms with Crippen LogP contribution in [0.3, 0.4) is 0 Å². The first-order valence-corrected chi connectivity index (χ1v) is 13.5. The molecule has 15 heteroatoms. The highest BCUT2D eigenvalue weighted by Gasteiger charge is 2.37. The van der Waals surface area contributed by atoms with Crippen molar-refractivity contribution in [2.45, 2.75) is 44.3 Å². The molecule has 1 saturated carbocycles. The number of carbonyl (C=O) groups is 4. The van der Waals surface area contributed by atoms with Gasteiger partial charge < -0.3 is 20.4 Å². The summed E-state index contributed by atoms with van der Waals surface area (Å²) >= 11 is 8.23. The molecule has 0 spiro atoms. The van der Waals surface area contributed by atoms with Crippen molar-refractivity contribution in [3.05, 3.63) is 26.1 Å². The van der Waals surface area contributed by atoms with Gasteiger partial charge in [-0.1, -0.05) is 22.9 Å². The lowest BCUT2D eigenvalue weighted by atomic mass is 9.81. The molecule has 0 saturated heterocycles. The number of hydrogen-bond donors (Lipinski definition) is 3. The van der Waals surface area contributed by atoms with Crippen LogP contribution < -0.4 is 16.0 Å². The van der Waals surface area contributed by atoms with Crippen LogP contribution in [0.2, 0.25) is 4.34 Å². The Balaban J connectivity index is 0.00000380. The van der Waals surface area contributed by atoms with E-state index in [4.69, 9.17) is 11.6 Å². The van der Waals surface area contributed by atoms with E-state index in [-0.39, 0.29) is 35.3 Å². The number of thiazole rings is 2. The van der Waals surface area contributed by atoms with E-state index in [1.165, 1.54) is 22.4 Å². The Morgan fingerprint density at radius 3 is 2.54 bits per heavy atom. The van der Waals surface area contributed by atoms with E-state index in [0.29, 0.717) is 28.6 Å². The zero-order valence-electron chi connectivity index (χ0n) is 20.6. The SMILES string of the molecule is CN1CCc2nc(C(=O)N[C@@H]3C[C@@H](C(=O)N(C)C)CC[C@@H]3NC(=O)C(=O)Nc3ncc(Cl)s3)sc2C1.Cl. The molecular weight excluding hydrogens is 561 g/mol. The van der Waals surface area contributed by atoms with Crippen molar-refractivity contribution >= 4 is 75.4 Å². The molecule has 0 radical (unpaired) electrons. The molecule has 4 amide bonds. The summed E-state index contributed by atoms with van der Waals surface area (Å²) in [5.41, 5.74) is 0.941. The molecule has 2 aromatic rings. The maximum Gasteiger partial charge on any atom is 0.315 e. The fourth-order valence-corrected chi connectivity index (χ4v) is 6.34. The minimum atomic E-state index is -0.880. The zero-order chi connectivity index (χ0) is 26.0. The third-order valence-corrected chi connectivity index (χ3v) is 8.41. The Labute approximate surface area is 233 Å². The number of fused-ring (bicyclic) bond motifs is 1. The Bertz CT molecular complexity index is 1170. The summed E-state index contributed by atoms with van der Waals surface area (Å²) < 4.78 is 0.382. The highest BCUT2D eigenvalue weighted by atomic mass is 35.5. The predicted octanol–water partition coefficient (Wildman–Crippen LogP) is 1.77. The molecule has 4 rings (SSSR count). The number of nitrogens with zero attached hydrogens (tertiary/aromatic N) is 4. The molecule has 1 aliphatic heterocycles. The van der Waals surface area contributed by atoms with Crippen molar-refractivity contribution in [3.63, 3.8) is 0 Å². The second kappa shape index (κ2) is 12.5. The van der Waals surface area contributed by atoms with Gasteiger partial charge in [-0.05, 0) is 26.3 Å². The van der Waals surface area contributed by atoms with Gasteiger partial charge in [0.2, 0.25) is 5.91 Å². The fraction of sp³-hybridized carbons (Fsp3) is 0.545. The number of halogens is 2. The van der Waals surface area contributed by atoms with Gasteiger partial charge in [0.1, 0.15) is 4.34 Å². The first-order valence-electron chi connectivity index (χ1n) is 11.5. The third kappa shape index (κ3) is 7.17. The number of rotatable bonds is 5. The molecule has 2 aromatic heterocycles. The van der Waals surface area contributed by atoms with Crippen LogP contribution in [0.25, 0.3) is 0 Å². The van der Waals surface area contributed by atoms with Gasteiger partial charge in [0.25, 0.3) is 5.91 Å². The number of hydrogen-bond acceptors (Lipinski definition) is 9. The van der Waals surface area contributed by atoms with Crippen molar-refractivity contribution < 1.29 is 19.2 Å². The number of amides is 4. The molecule has 0 unspecified atom stereocenters. The summed E-state index contributed by atoms with van der Waals surface area (Å²) in [6, 6.07) is -1.08. The number of anilines is 1. The number of aromatic nitrogens is 2. The molecule has 0 bridgehead atoms. The molecule has 3 heterocycles. The molecule has 202 valence electrons. The smallest absolute Gasteiger partial charge is 0.315 e. The Morgan fingerprint density at radius 2 is 1.86 bits per heavy atom. The van der Waals surface area contributed by atoms with Crippen molar-refractivity contribution in [1.82, 2.24) is 30.4 Å². The molecule has 3 N–H and O–H groups in total. The van der Waals surface area contributed by atoms with Crippen LogP contribution in [0.4, 0.5) is 5.13 Å². The van der Waals surface area contributed by atoms with Crippen molar-refractivity contribution in [2.75, 3.05) is 33.0 Å². The number of likely N-dealkylation sites (N-methyl/N-ethyl adjacent to an activating group) is 1. The average Bonchev–Trinajstić information content (AvgIpc) is 3.44. The highest BCUT2D eigenvalue weighted by Crippen LogP contribution is 2.28. The summed E-state index contributed by atoms with van der Waals surface area (Å²) in [6.07, 6.45) is 3.46. The number of nitrogens with one attached hydrogen (secondary N) is 3. The summed E-state index contributed by atoms with van der Waals surface area (Å²) in [4.78, 5) is 64.0. The van der Waals surface area contributed by atoms with Gasteiger partial charge in [-0.15, -0.1) is 23.7 Å². The van der Waals surface area contributed by atoms with Crippen LogP contribution in [0, 0.1) is 5.92 Å². The molecule has 11 nitrogen and oxygen atoms in total. The Morgan fingerprint density at radius 1 is 1.11 bits per heavy atom. The normalized spacial score (nSPS) is 21.2. The van der Waals surface area contributed by atoms with Gasteiger partial charge in [-0.2, -0.15) is 0 Å². The van der Waals surface area contributed by atoms with Crippen LogP contribution >= 0.6 is 46.7 Å². The van der Waals surface area contributed by atoms with Gasteiger partial charge in [0.05, 0.1) is 17.9 Å². The van der Waals surface area contributed by atoms with E-state index < -0.39 is 23.9 Å². The van der Waals surface area contributed by atoms with Crippen LogP contribution in [0.1, 0.15) is 39.6 Å². The van der Waals surface area contributed by atoms with E-state index >= 15 is 0 Å². The van der Waals surface area contributed by atoms with Gasteiger partial charge in [-0.3, -0.25) is 24.5 Å². The predicted molar refractivity (Wildman–Crippen MR) is 144 cm³/mol. The summed E-state index contributed by atoms with van der Waals surface area (Å²) in [5.74, 6) is -2.42. The Hall–Kier alpha value is -2.32. The van der Waals surface area contributed by atoms with Crippen molar-refractivity contribution in [3.8, 4) is 0 Å². The zero-order valence-corrected chi connectivity index (χ0v) is 23.8. The number of carbonyl (C=O) groups excluding carboxylic acids is 4. The lowest BCUT2D eigenvalue weighted by molar-refractivity contribution is -0.137. The molecule has 1 aliphatic carbocycles. The van der Waals surface area contributed by atoms with Crippen LogP contribution in [0.15, 0.2) is 6.20 Å². The molecule has 0 aromatic carbocycles.